The van der Waals surface area contributed by atoms with Crippen molar-refractivity contribution < 1.29 is 23.8 Å². The van der Waals surface area contributed by atoms with Crippen molar-refractivity contribution in [3.63, 3.8) is 0 Å². The Labute approximate surface area is 192 Å². The van der Waals surface area contributed by atoms with Crippen LogP contribution in [-0.4, -0.2) is 28.9 Å². The number of ether oxygens (including phenoxy) is 1. The molecule has 1 N–H and O–H groups in total. The van der Waals surface area contributed by atoms with Crippen LogP contribution in [0.15, 0.2) is 66.5 Å². The lowest BCUT2D eigenvalue weighted by atomic mass is 9.96. The molecule has 1 amide bonds. The largest absolute Gasteiger partial charge is 0.507 e. The lowest BCUT2D eigenvalue weighted by Gasteiger charge is -2.25. The molecule has 0 saturated carbocycles. The zero-order valence-electron chi connectivity index (χ0n) is 16.6. The molecule has 3 aromatic rings. The molecule has 0 spiro atoms. The number of aliphatic hydroxyl groups excluding tert-OH is 1. The summed E-state index contributed by atoms with van der Waals surface area (Å²) in [7, 11) is 1.45. The van der Waals surface area contributed by atoms with Crippen LogP contribution < -0.4 is 9.64 Å². The number of methoxy groups -OCH3 is 1. The molecule has 0 aliphatic carbocycles. The van der Waals surface area contributed by atoms with Crippen molar-refractivity contribution in [3.05, 3.63) is 93.5 Å². The van der Waals surface area contributed by atoms with Gasteiger partial charge in [0, 0.05) is 23.6 Å². The van der Waals surface area contributed by atoms with Gasteiger partial charge in [0.2, 0.25) is 0 Å². The lowest BCUT2D eigenvalue weighted by Crippen LogP contribution is -2.29. The van der Waals surface area contributed by atoms with Gasteiger partial charge in [-0.1, -0.05) is 29.3 Å². The Kier molecular flexibility index (Phi) is 5.86. The molecule has 162 valence electrons. The van der Waals surface area contributed by atoms with Crippen molar-refractivity contribution >= 4 is 46.3 Å². The third kappa shape index (κ3) is 3.70. The van der Waals surface area contributed by atoms with Crippen LogP contribution in [0.2, 0.25) is 10.0 Å². The molecule has 1 aliphatic heterocycles. The fourth-order valence-electron chi connectivity index (χ4n) is 3.56. The third-order valence-electron chi connectivity index (χ3n) is 5.05. The highest BCUT2D eigenvalue weighted by atomic mass is 35.5. The molecular weight excluding hydrogens is 458 g/mol. The first-order chi connectivity index (χ1) is 15.3. The Bertz CT molecular complexity index is 1260. The summed E-state index contributed by atoms with van der Waals surface area (Å²) < 4.78 is 18.8. The number of rotatable bonds is 4. The highest BCUT2D eigenvalue weighted by Gasteiger charge is 2.47. The van der Waals surface area contributed by atoms with Crippen molar-refractivity contribution in [2.75, 3.05) is 12.0 Å². The Morgan fingerprint density at radius 1 is 1.12 bits per heavy atom. The molecule has 1 fully saturated rings. The summed E-state index contributed by atoms with van der Waals surface area (Å²) in [6.07, 6.45) is 3.01. The fraction of sp³-hybridized carbons (Fsp3) is 0.0870. The summed E-state index contributed by atoms with van der Waals surface area (Å²) in [6, 6.07) is 10.4. The van der Waals surface area contributed by atoms with Crippen molar-refractivity contribution in [1.29, 1.82) is 0 Å². The van der Waals surface area contributed by atoms with Gasteiger partial charge < -0.3 is 9.84 Å². The number of anilines is 1. The quantitative estimate of drug-likeness (QED) is 0.322. The van der Waals surface area contributed by atoms with Gasteiger partial charge in [-0.15, -0.1) is 0 Å². The van der Waals surface area contributed by atoms with Gasteiger partial charge >= 0.3 is 0 Å². The summed E-state index contributed by atoms with van der Waals surface area (Å²) >= 11 is 12.1. The van der Waals surface area contributed by atoms with Crippen LogP contribution >= 0.6 is 23.2 Å². The number of halogens is 3. The van der Waals surface area contributed by atoms with E-state index in [1.165, 1.54) is 49.8 Å². The van der Waals surface area contributed by atoms with Gasteiger partial charge in [-0.2, -0.15) is 0 Å². The minimum absolute atomic E-state index is 0.162. The predicted octanol–water partition coefficient (Wildman–Crippen LogP) is 5.16. The number of carbonyl (C=O) groups is 2. The van der Waals surface area contributed by atoms with Crippen molar-refractivity contribution in [2.45, 2.75) is 6.04 Å². The number of aromatic nitrogens is 1. The van der Waals surface area contributed by atoms with E-state index in [0.717, 1.165) is 11.0 Å². The molecule has 1 unspecified atom stereocenters. The van der Waals surface area contributed by atoms with Gasteiger partial charge in [0.05, 0.1) is 28.8 Å². The van der Waals surface area contributed by atoms with Gasteiger partial charge in [0.25, 0.3) is 11.7 Å². The number of Topliss-reactive ketones (excluding diaryl/α,β-unsaturated/α-hetero) is 1. The molecule has 0 radical (unpaired) electrons. The van der Waals surface area contributed by atoms with E-state index in [1.807, 2.05) is 0 Å². The summed E-state index contributed by atoms with van der Waals surface area (Å²) in [6.45, 7) is 0. The second kappa shape index (κ2) is 8.61. The van der Waals surface area contributed by atoms with Gasteiger partial charge in [-0.05, 0) is 48.0 Å². The summed E-state index contributed by atoms with van der Waals surface area (Å²) in [5, 5.41) is 11.1. The molecule has 0 bridgehead atoms. The van der Waals surface area contributed by atoms with Crippen LogP contribution in [-0.2, 0) is 9.59 Å². The molecular formula is C23H15Cl2FN2O4. The van der Waals surface area contributed by atoms with E-state index >= 15 is 0 Å². The van der Waals surface area contributed by atoms with Crippen LogP contribution in [0.1, 0.15) is 17.2 Å². The predicted molar refractivity (Wildman–Crippen MR) is 118 cm³/mol. The Balaban J connectivity index is 1.94. The van der Waals surface area contributed by atoms with Crippen LogP contribution in [0, 0.1) is 5.82 Å². The van der Waals surface area contributed by atoms with Crippen LogP contribution in [0.25, 0.3) is 5.76 Å². The van der Waals surface area contributed by atoms with Crippen LogP contribution in [0.5, 0.6) is 5.75 Å². The number of hydrogen-bond acceptors (Lipinski definition) is 5. The molecule has 1 saturated heterocycles. The molecule has 9 heteroatoms. The summed E-state index contributed by atoms with van der Waals surface area (Å²) in [5.74, 6) is -2.52. The Morgan fingerprint density at radius 3 is 2.53 bits per heavy atom. The molecule has 32 heavy (non-hydrogen) atoms. The highest BCUT2D eigenvalue weighted by molar-refractivity contribution is 6.51. The fourth-order valence-corrected chi connectivity index (χ4v) is 3.99. The minimum Gasteiger partial charge on any atom is -0.507 e. The van der Waals surface area contributed by atoms with E-state index in [2.05, 4.69) is 4.98 Å². The van der Waals surface area contributed by atoms with Crippen molar-refractivity contribution in [1.82, 2.24) is 4.98 Å². The molecule has 1 aliphatic rings. The van der Waals surface area contributed by atoms with E-state index in [0.29, 0.717) is 11.3 Å². The molecule has 1 atom stereocenters. The first kappa shape index (κ1) is 21.8. The number of hydrogen-bond donors (Lipinski definition) is 1. The standard InChI is InChI=1S/C23H15Cl2FN2O4/c1-32-18-7-4-12(9-16(18)25)21(29)19-20(13-3-2-8-27-11-13)28(23(31)22(19)30)14-5-6-17(26)15(24)10-14/h2-11,20,29H,1H3/b21-19+. The molecule has 1 aromatic heterocycles. The van der Waals surface area contributed by atoms with Gasteiger partial charge in [-0.25, -0.2) is 4.39 Å². The molecule has 4 rings (SSSR count). The second-order valence-corrected chi connectivity index (χ2v) is 7.72. The lowest BCUT2D eigenvalue weighted by molar-refractivity contribution is -0.132. The first-order valence-corrected chi connectivity index (χ1v) is 10.1. The van der Waals surface area contributed by atoms with E-state index < -0.39 is 29.3 Å². The Hall–Kier alpha value is -3.42. The number of carbonyl (C=O) groups excluding carboxylic acids is 2. The second-order valence-electron chi connectivity index (χ2n) is 6.90. The highest BCUT2D eigenvalue weighted by Crippen LogP contribution is 2.43. The van der Waals surface area contributed by atoms with E-state index in [4.69, 9.17) is 27.9 Å². The zero-order chi connectivity index (χ0) is 23.0. The number of benzene rings is 2. The minimum atomic E-state index is -1.02. The van der Waals surface area contributed by atoms with Crippen LogP contribution in [0.3, 0.4) is 0 Å². The number of pyridine rings is 1. The molecule has 6 nitrogen and oxygen atoms in total. The average molecular weight is 473 g/mol. The Morgan fingerprint density at radius 2 is 1.91 bits per heavy atom. The normalized spacial score (nSPS) is 17.6. The summed E-state index contributed by atoms with van der Waals surface area (Å²) in [4.78, 5) is 31.3. The van der Waals surface area contributed by atoms with E-state index in [-0.39, 0.29) is 26.9 Å². The molecule has 2 heterocycles. The number of ketones is 1. The number of aliphatic hydroxyl groups is 1. The molecule has 2 aromatic carbocycles. The van der Waals surface area contributed by atoms with Crippen molar-refractivity contribution in [2.24, 2.45) is 0 Å². The van der Waals surface area contributed by atoms with Gasteiger partial charge in [-0.3, -0.25) is 19.5 Å². The maximum absolute atomic E-state index is 13.7. The maximum atomic E-state index is 13.7. The topological polar surface area (TPSA) is 79.7 Å². The monoisotopic (exact) mass is 472 g/mol. The maximum Gasteiger partial charge on any atom is 0.300 e. The van der Waals surface area contributed by atoms with Gasteiger partial charge in [0.1, 0.15) is 17.3 Å². The van der Waals surface area contributed by atoms with Crippen LogP contribution in [0.4, 0.5) is 10.1 Å². The SMILES string of the molecule is COc1ccc(/C(O)=C2\C(=O)C(=O)N(c3ccc(F)c(Cl)c3)C2c2cccnc2)cc1Cl. The van der Waals surface area contributed by atoms with Crippen molar-refractivity contribution in [3.8, 4) is 5.75 Å². The van der Waals surface area contributed by atoms with Gasteiger partial charge in [0.15, 0.2) is 0 Å². The van der Waals surface area contributed by atoms with E-state index in [1.54, 1.807) is 12.1 Å². The summed E-state index contributed by atoms with van der Waals surface area (Å²) in [5.41, 5.74) is 0.719. The third-order valence-corrected chi connectivity index (χ3v) is 5.64. The van der Waals surface area contributed by atoms with E-state index in [9.17, 15) is 19.1 Å². The zero-order valence-corrected chi connectivity index (χ0v) is 18.1. The first-order valence-electron chi connectivity index (χ1n) is 9.33. The number of amides is 1. The number of nitrogens with zero attached hydrogens (tertiary/aromatic N) is 2. The smallest absolute Gasteiger partial charge is 0.300 e. The average Bonchev–Trinajstić information content (AvgIpc) is 3.06.